The number of hydrogen-bond donors (Lipinski definition) is 2. The van der Waals surface area contributed by atoms with Crippen molar-refractivity contribution in [1.82, 2.24) is 9.97 Å². The van der Waals surface area contributed by atoms with Gasteiger partial charge in [0, 0.05) is 26.7 Å². The molecule has 0 aliphatic carbocycles. The molecular formula is C8H13BrN4O. The molecule has 0 saturated heterocycles. The van der Waals surface area contributed by atoms with E-state index in [0.717, 1.165) is 4.60 Å². The van der Waals surface area contributed by atoms with Crippen LogP contribution >= 0.6 is 15.9 Å². The Morgan fingerprint density at radius 3 is 2.79 bits per heavy atom. The normalized spacial score (nSPS) is 10.0. The summed E-state index contributed by atoms with van der Waals surface area (Å²) in [5.41, 5.74) is 0. The molecule has 0 fully saturated rings. The van der Waals surface area contributed by atoms with Crippen molar-refractivity contribution >= 4 is 27.7 Å². The lowest BCUT2D eigenvalue weighted by atomic mass is 10.5. The summed E-state index contributed by atoms with van der Waals surface area (Å²) >= 11 is 3.29. The Kier molecular flexibility index (Phi) is 4.09. The van der Waals surface area contributed by atoms with Crippen molar-refractivity contribution in [3.8, 4) is 0 Å². The number of anilines is 2. The number of aliphatic hydroxyl groups excluding tert-OH is 1. The zero-order valence-corrected chi connectivity index (χ0v) is 9.74. The van der Waals surface area contributed by atoms with Gasteiger partial charge in [-0.1, -0.05) is 0 Å². The Labute approximate surface area is 91.3 Å². The number of hydrogen-bond acceptors (Lipinski definition) is 5. The Morgan fingerprint density at radius 2 is 2.21 bits per heavy atom. The topological polar surface area (TPSA) is 61.3 Å². The molecule has 78 valence electrons. The van der Waals surface area contributed by atoms with Crippen LogP contribution in [0.3, 0.4) is 0 Å². The minimum absolute atomic E-state index is 0.0823. The van der Waals surface area contributed by atoms with E-state index in [1.165, 1.54) is 0 Å². The van der Waals surface area contributed by atoms with Gasteiger partial charge in [0.15, 0.2) is 0 Å². The summed E-state index contributed by atoms with van der Waals surface area (Å²) in [6.45, 7) is 0.565. The fourth-order valence-electron chi connectivity index (χ4n) is 0.880. The minimum Gasteiger partial charge on any atom is -0.395 e. The quantitative estimate of drug-likeness (QED) is 0.781. The molecule has 14 heavy (non-hydrogen) atoms. The summed E-state index contributed by atoms with van der Waals surface area (Å²) in [7, 11) is 3.75. The zero-order valence-electron chi connectivity index (χ0n) is 8.16. The van der Waals surface area contributed by atoms with E-state index in [0.29, 0.717) is 18.3 Å². The highest BCUT2D eigenvalue weighted by molar-refractivity contribution is 9.10. The molecule has 0 unspecified atom stereocenters. The van der Waals surface area contributed by atoms with Gasteiger partial charge in [-0.3, -0.25) is 0 Å². The Balaban J connectivity index is 2.84. The van der Waals surface area contributed by atoms with Gasteiger partial charge in [-0.05, 0) is 15.9 Å². The number of aliphatic hydroxyl groups is 1. The van der Waals surface area contributed by atoms with Crippen LogP contribution in [0.25, 0.3) is 0 Å². The SMILES string of the molecule is CN(C)c1nc(Br)cc(NCCO)n1. The largest absolute Gasteiger partial charge is 0.395 e. The van der Waals surface area contributed by atoms with Crippen LogP contribution in [-0.2, 0) is 0 Å². The first kappa shape index (κ1) is 11.2. The molecule has 1 aromatic rings. The molecule has 0 spiro atoms. The lowest BCUT2D eigenvalue weighted by Crippen LogP contribution is -2.15. The maximum absolute atomic E-state index is 8.65. The predicted octanol–water partition coefficient (Wildman–Crippen LogP) is 0.709. The Hall–Kier alpha value is -0.880. The Bertz CT molecular complexity index is 305. The molecule has 0 saturated carbocycles. The summed E-state index contributed by atoms with van der Waals surface area (Å²) < 4.78 is 0.719. The van der Waals surface area contributed by atoms with Crippen LogP contribution in [-0.4, -0.2) is 42.3 Å². The van der Waals surface area contributed by atoms with Crippen molar-refractivity contribution in [3.05, 3.63) is 10.7 Å². The molecule has 0 aromatic carbocycles. The summed E-state index contributed by atoms with van der Waals surface area (Å²) in [5, 5.41) is 11.6. The highest BCUT2D eigenvalue weighted by Crippen LogP contribution is 2.15. The third-order valence-electron chi connectivity index (χ3n) is 1.50. The summed E-state index contributed by atoms with van der Waals surface area (Å²) in [6, 6.07) is 1.77. The molecule has 0 aliphatic rings. The molecule has 0 atom stereocenters. The highest BCUT2D eigenvalue weighted by atomic mass is 79.9. The smallest absolute Gasteiger partial charge is 0.227 e. The van der Waals surface area contributed by atoms with Gasteiger partial charge >= 0.3 is 0 Å². The van der Waals surface area contributed by atoms with Gasteiger partial charge in [-0.15, -0.1) is 0 Å². The van der Waals surface area contributed by atoms with E-state index in [4.69, 9.17) is 5.11 Å². The molecule has 1 rings (SSSR count). The predicted molar refractivity (Wildman–Crippen MR) is 59.6 cm³/mol. The fourth-order valence-corrected chi connectivity index (χ4v) is 1.26. The molecule has 0 aliphatic heterocycles. The minimum atomic E-state index is 0.0823. The van der Waals surface area contributed by atoms with E-state index in [2.05, 4.69) is 31.2 Å². The first-order valence-electron chi connectivity index (χ1n) is 4.20. The summed E-state index contributed by atoms with van der Waals surface area (Å²) in [4.78, 5) is 10.2. The fraction of sp³-hybridized carbons (Fsp3) is 0.500. The highest BCUT2D eigenvalue weighted by Gasteiger charge is 2.03. The van der Waals surface area contributed by atoms with Crippen LogP contribution < -0.4 is 10.2 Å². The van der Waals surface area contributed by atoms with Gasteiger partial charge < -0.3 is 15.3 Å². The number of nitrogens with one attached hydrogen (secondary N) is 1. The average Bonchev–Trinajstić information content (AvgIpc) is 2.14. The standard InChI is InChI=1S/C8H13BrN4O/c1-13(2)8-11-6(9)5-7(12-8)10-3-4-14/h5,14H,3-4H2,1-2H3,(H,10,11,12). The maximum Gasteiger partial charge on any atom is 0.227 e. The summed E-state index contributed by atoms with van der Waals surface area (Å²) in [6.07, 6.45) is 0. The molecule has 1 heterocycles. The molecule has 5 nitrogen and oxygen atoms in total. The first-order valence-corrected chi connectivity index (χ1v) is 4.99. The van der Waals surface area contributed by atoms with Crippen LogP contribution in [0.4, 0.5) is 11.8 Å². The third-order valence-corrected chi connectivity index (χ3v) is 1.91. The van der Waals surface area contributed by atoms with Crippen molar-refractivity contribution in [1.29, 1.82) is 0 Å². The van der Waals surface area contributed by atoms with Crippen molar-refractivity contribution in [3.63, 3.8) is 0 Å². The second kappa shape index (κ2) is 5.11. The molecule has 0 amide bonds. The molecule has 0 bridgehead atoms. The van der Waals surface area contributed by atoms with E-state index in [9.17, 15) is 0 Å². The van der Waals surface area contributed by atoms with E-state index in [-0.39, 0.29) is 6.61 Å². The van der Waals surface area contributed by atoms with Gasteiger partial charge in [-0.25, -0.2) is 4.98 Å². The monoisotopic (exact) mass is 260 g/mol. The molecule has 0 radical (unpaired) electrons. The summed E-state index contributed by atoms with van der Waals surface area (Å²) in [5.74, 6) is 1.32. The van der Waals surface area contributed by atoms with Gasteiger partial charge in [0.2, 0.25) is 5.95 Å². The van der Waals surface area contributed by atoms with E-state index in [1.54, 1.807) is 6.07 Å². The molecule has 6 heteroatoms. The van der Waals surface area contributed by atoms with Crippen molar-refractivity contribution in [2.45, 2.75) is 0 Å². The van der Waals surface area contributed by atoms with Crippen LogP contribution in [0.15, 0.2) is 10.7 Å². The average molecular weight is 261 g/mol. The lowest BCUT2D eigenvalue weighted by Gasteiger charge is -2.12. The number of nitrogens with zero attached hydrogens (tertiary/aromatic N) is 3. The molecule has 2 N–H and O–H groups in total. The third kappa shape index (κ3) is 3.12. The van der Waals surface area contributed by atoms with Crippen LogP contribution in [0.5, 0.6) is 0 Å². The van der Waals surface area contributed by atoms with Gasteiger partial charge in [0.25, 0.3) is 0 Å². The number of halogens is 1. The zero-order chi connectivity index (χ0) is 10.6. The van der Waals surface area contributed by atoms with Gasteiger partial charge in [-0.2, -0.15) is 4.98 Å². The first-order chi connectivity index (χ1) is 6.63. The van der Waals surface area contributed by atoms with Gasteiger partial charge in [0.05, 0.1) is 6.61 Å². The second-order valence-electron chi connectivity index (χ2n) is 2.92. The molecular weight excluding hydrogens is 248 g/mol. The van der Waals surface area contributed by atoms with E-state index in [1.807, 2.05) is 19.0 Å². The lowest BCUT2D eigenvalue weighted by molar-refractivity contribution is 0.311. The van der Waals surface area contributed by atoms with Crippen molar-refractivity contribution < 1.29 is 5.11 Å². The number of rotatable bonds is 4. The van der Waals surface area contributed by atoms with Gasteiger partial charge in [0.1, 0.15) is 10.4 Å². The van der Waals surface area contributed by atoms with E-state index < -0.39 is 0 Å². The van der Waals surface area contributed by atoms with Crippen LogP contribution in [0.2, 0.25) is 0 Å². The van der Waals surface area contributed by atoms with Crippen molar-refractivity contribution in [2.75, 3.05) is 37.5 Å². The maximum atomic E-state index is 8.65. The van der Waals surface area contributed by atoms with Crippen LogP contribution in [0, 0.1) is 0 Å². The van der Waals surface area contributed by atoms with Crippen LogP contribution in [0.1, 0.15) is 0 Å². The Morgan fingerprint density at radius 1 is 1.50 bits per heavy atom. The van der Waals surface area contributed by atoms with E-state index >= 15 is 0 Å². The second-order valence-corrected chi connectivity index (χ2v) is 3.73. The number of aromatic nitrogens is 2. The molecule has 1 aromatic heterocycles. The van der Waals surface area contributed by atoms with Crippen molar-refractivity contribution in [2.24, 2.45) is 0 Å².